The van der Waals surface area contributed by atoms with Gasteiger partial charge in [-0.25, -0.2) is 0 Å². The Balaban J connectivity index is 1.91. The zero-order valence-corrected chi connectivity index (χ0v) is 11.7. The molecule has 94 valence electrons. The van der Waals surface area contributed by atoms with Crippen molar-refractivity contribution in [2.45, 2.75) is 26.2 Å². The topological polar surface area (TPSA) is 59.2 Å². The van der Waals surface area contributed by atoms with Crippen LogP contribution < -0.4 is 0 Å². The summed E-state index contributed by atoms with van der Waals surface area (Å²) in [4.78, 5) is 4.40. The fraction of sp³-hybridized carbons (Fsp3) is 0.385. The van der Waals surface area contributed by atoms with Crippen LogP contribution in [0.3, 0.4) is 0 Å². The Hall–Kier alpha value is -1.36. The molecule has 0 bridgehead atoms. The molecule has 18 heavy (non-hydrogen) atoms. The van der Waals surface area contributed by atoms with Crippen LogP contribution in [0.1, 0.15) is 32.0 Å². The maximum absolute atomic E-state index is 9.64. The Kier molecular flexibility index (Phi) is 2.48. The molecule has 0 radical (unpaired) electrons. The van der Waals surface area contributed by atoms with Gasteiger partial charge in [-0.2, -0.15) is 4.98 Å². The van der Waals surface area contributed by atoms with Crippen LogP contribution in [0, 0.1) is 5.41 Å². The maximum Gasteiger partial charge on any atom is 0.258 e. The summed E-state index contributed by atoms with van der Waals surface area (Å²) in [6, 6.07) is 5.20. The predicted octanol–water partition coefficient (Wildman–Crippen LogP) is 3.72. The first kappa shape index (κ1) is 11.7. The molecular formula is C13H13BrN2O2. The molecular weight excluding hydrogens is 296 g/mol. The lowest BCUT2D eigenvalue weighted by molar-refractivity contribution is 0.418. The van der Waals surface area contributed by atoms with Gasteiger partial charge in [0.1, 0.15) is 5.75 Å². The van der Waals surface area contributed by atoms with Crippen LogP contribution >= 0.6 is 15.9 Å². The first-order valence-electron chi connectivity index (χ1n) is 5.80. The van der Waals surface area contributed by atoms with Gasteiger partial charge in [-0.15, -0.1) is 0 Å². The van der Waals surface area contributed by atoms with Crippen molar-refractivity contribution in [1.82, 2.24) is 10.1 Å². The van der Waals surface area contributed by atoms with Gasteiger partial charge in [-0.3, -0.25) is 0 Å². The van der Waals surface area contributed by atoms with E-state index in [0.717, 1.165) is 17.8 Å². The molecule has 0 aliphatic heterocycles. The summed E-state index contributed by atoms with van der Waals surface area (Å²) in [6.45, 7) is 4.39. The molecule has 4 nitrogen and oxygen atoms in total. The summed E-state index contributed by atoms with van der Waals surface area (Å²) >= 11 is 3.24. The highest BCUT2D eigenvalue weighted by atomic mass is 79.9. The standard InChI is InChI=1S/C13H13BrN2O2/c1-13(2)6-8(13)11-15-12(18-16-11)7-3-4-9(14)10(17)5-7/h3-5,8,17H,6H2,1-2H3. The molecule has 0 saturated heterocycles. The lowest BCUT2D eigenvalue weighted by Crippen LogP contribution is -1.91. The van der Waals surface area contributed by atoms with Crippen molar-refractivity contribution in [3.05, 3.63) is 28.5 Å². The third kappa shape index (κ3) is 1.92. The van der Waals surface area contributed by atoms with Gasteiger partial charge in [0, 0.05) is 11.5 Å². The molecule has 1 saturated carbocycles. The SMILES string of the molecule is CC1(C)CC1c1noc(-c2ccc(Br)c(O)c2)n1. The molecule has 3 rings (SSSR count). The Morgan fingerprint density at radius 3 is 2.78 bits per heavy atom. The second kappa shape index (κ2) is 3.82. The van der Waals surface area contributed by atoms with Crippen molar-refractivity contribution in [2.24, 2.45) is 5.41 Å². The van der Waals surface area contributed by atoms with Crippen LogP contribution in [0.15, 0.2) is 27.2 Å². The van der Waals surface area contributed by atoms with Crippen LogP contribution in [0.2, 0.25) is 0 Å². The largest absolute Gasteiger partial charge is 0.507 e. The minimum absolute atomic E-state index is 0.166. The van der Waals surface area contributed by atoms with Gasteiger partial charge < -0.3 is 9.63 Å². The minimum Gasteiger partial charge on any atom is -0.507 e. The summed E-state index contributed by atoms with van der Waals surface area (Å²) in [7, 11) is 0. The van der Waals surface area contributed by atoms with Crippen LogP contribution in [-0.2, 0) is 0 Å². The molecule has 1 aliphatic rings. The monoisotopic (exact) mass is 308 g/mol. The molecule has 1 heterocycles. The lowest BCUT2D eigenvalue weighted by atomic mass is 10.1. The van der Waals surface area contributed by atoms with E-state index in [1.165, 1.54) is 0 Å². The summed E-state index contributed by atoms with van der Waals surface area (Å²) < 4.78 is 5.90. The fourth-order valence-corrected chi connectivity index (χ4v) is 2.29. The van der Waals surface area contributed by atoms with Gasteiger partial charge in [0.15, 0.2) is 5.82 Å². The number of rotatable bonds is 2. The van der Waals surface area contributed by atoms with Gasteiger partial charge in [-0.05, 0) is 46.0 Å². The average molecular weight is 309 g/mol. The summed E-state index contributed by atoms with van der Waals surface area (Å²) in [5.41, 5.74) is 1.01. The van der Waals surface area contributed by atoms with E-state index < -0.39 is 0 Å². The number of hydrogen-bond donors (Lipinski definition) is 1. The Morgan fingerprint density at radius 1 is 1.44 bits per heavy atom. The summed E-state index contributed by atoms with van der Waals surface area (Å²) in [5, 5.41) is 13.7. The zero-order chi connectivity index (χ0) is 12.9. The number of halogens is 1. The molecule has 1 fully saturated rings. The van der Waals surface area contributed by atoms with Crippen molar-refractivity contribution in [3.63, 3.8) is 0 Å². The normalized spacial score (nSPS) is 20.9. The third-order valence-electron chi connectivity index (χ3n) is 3.46. The Morgan fingerprint density at radius 2 is 2.17 bits per heavy atom. The van der Waals surface area contributed by atoms with Gasteiger partial charge >= 0.3 is 0 Å². The minimum atomic E-state index is 0.166. The van der Waals surface area contributed by atoms with E-state index in [0.29, 0.717) is 16.3 Å². The number of aromatic hydroxyl groups is 1. The Bertz CT molecular complexity index is 607. The molecule has 1 atom stereocenters. The second-order valence-corrected chi connectivity index (χ2v) is 6.22. The van der Waals surface area contributed by atoms with Crippen molar-refractivity contribution in [3.8, 4) is 17.2 Å². The van der Waals surface area contributed by atoms with Gasteiger partial charge in [-0.1, -0.05) is 19.0 Å². The molecule has 1 aliphatic carbocycles. The molecule has 5 heteroatoms. The van der Waals surface area contributed by atoms with Crippen LogP contribution in [0.5, 0.6) is 5.75 Å². The number of benzene rings is 1. The number of aromatic nitrogens is 2. The van der Waals surface area contributed by atoms with Crippen molar-refractivity contribution in [1.29, 1.82) is 0 Å². The van der Waals surface area contributed by atoms with Gasteiger partial charge in [0.25, 0.3) is 5.89 Å². The fourth-order valence-electron chi connectivity index (χ4n) is 2.05. The average Bonchev–Trinajstić information content (AvgIpc) is 2.78. The van der Waals surface area contributed by atoms with Crippen LogP contribution in [0.4, 0.5) is 0 Å². The summed E-state index contributed by atoms with van der Waals surface area (Å²) in [6.07, 6.45) is 1.09. The first-order chi connectivity index (χ1) is 8.47. The lowest BCUT2D eigenvalue weighted by Gasteiger charge is -1.98. The number of phenolic OH excluding ortho intramolecular Hbond substituents is 1. The quantitative estimate of drug-likeness (QED) is 0.918. The summed E-state index contributed by atoms with van der Waals surface area (Å²) in [5.74, 6) is 1.77. The van der Waals surface area contributed by atoms with Crippen molar-refractivity contribution >= 4 is 15.9 Å². The molecule has 0 spiro atoms. The molecule has 2 aromatic rings. The van der Waals surface area contributed by atoms with Crippen LogP contribution in [0.25, 0.3) is 11.5 Å². The highest BCUT2D eigenvalue weighted by Gasteiger charge is 2.49. The Labute approximate surface area is 113 Å². The predicted molar refractivity (Wildman–Crippen MR) is 70.2 cm³/mol. The first-order valence-corrected chi connectivity index (χ1v) is 6.59. The highest BCUT2D eigenvalue weighted by molar-refractivity contribution is 9.10. The zero-order valence-electron chi connectivity index (χ0n) is 10.1. The molecule has 1 unspecified atom stereocenters. The van der Waals surface area contributed by atoms with E-state index >= 15 is 0 Å². The maximum atomic E-state index is 9.64. The van der Waals surface area contributed by atoms with E-state index in [9.17, 15) is 5.11 Å². The van der Waals surface area contributed by atoms with Gasteiger partial charge in [0.05, 0.1) is 4.47 Å². The number of nitrogens with zero attached hydrogens (tertiary/aromatic N) is 2. The molecule has 1 aromatic heterocycles. The van der Waals surface area contributed by atoms with E-state index in [1.807, 2.05) is 6.07 Å². The number of phenols is 1. The molecule has 1 N–H and O–H groups in total. The molecule has 1 aromatic carbocycles. The second-order valence-electron chi connectivity index (χ2n) is 5.37. The van der Waals surface area contributed by atoms with E-state index in [-0.39, 0.29) is 11.2 Å². The van der Waals surface area contributed by atoms with Crippen molar-refractivity contribution < 1.29 is 9.63 Å². The highest BCUT2D eigenvalue weighted by Crippen LogP contribution is 2.57. The van der Waals surface area contributed by atoms with E-state index in [2.05, 4.69) is 39.9 Å². The smallest absolute Gasteiger partial charge is 0.258 e. The van der Waals surface area contributed by atoms with Gasteiger partial charge in [0.2, 0.25) is 0 Å². The van der Waals surface area contributed by atoms with E-state index in [1.54, 1.807) is 12.1 Å². The molecule has 0 amide bonds. The van der Waals surface area contributed by atoms with Crippen LogP contribution in [-0.4, -0.2) is 15.2 Å². The van der Waals surface area contributed by atoms with Crippen molar-refractivity contribution in [2.75, 3.05) is 0 Å². The number of hydrogen-bond acceptors (Lipinski definition) is 4. The van der Waals surface area contributed by atoms with E-state index in [4.69, 9.17) is 4.52 Å². The third-order valence-corrected chi connectivity index (χ3v) is 4.13.